The zero-order valence-electron chi connectivity index (χ0n) is 13.0. The van der Waals surface area contributed by atoms with Crippen LogP contribution in [0, 0.1) is 0 Å². The number of nitrogens with zero attached hydrogens (tertiary/aromatic N) is 1. The average Bonchev–Trinajstić information content (AvgIpc) is 3.08. The molecule has 1 amide bonds. The van der Waals surface area contributed by atoms with E-state index in [0.717, 1.165) is 15.7 Å². The van der Waals surface area contributed by atoms with E-state index >= 15 is 0 Å². The monoisotopic (exact) mass is 385 g/mol. The molecule has 3 aromatic rings. The van der Waals surface area contributed by atoms with Crippen LogP contribution >= 0.6 is 15.9 Å². The standard InChI is InChI=1S/C18H16BrN3O2/c1-20-18(23)13-5-3-7-15(9-13)21-11-17-22-10-16(24-17)12-4-2-6-14(19)8-12/h2-10,21H,11H2,1H3,(H,20,23). The minimum atomic E-state index is -0.119. The predicted molar refractivity (Wildman–Crippen MR) is 96.8 cm³/mol. The molecular weight excluding hydrogens is 370 g/mol. The first-order valence-corrected chi connectivity index (χ1v) is 8.21. The lowest BCUT2D eigenvalue weighted by atomic mass is 10.2. The lowest BCUT2D eigenvalue weighted by Gasteiger charge is -2.06. The second-order valence-corrected chi connectivity index (χ2v) is 6.06. The summed E-state index contributed by atoms with van der Waals surface area (Å²) >= 11 is 3.44. The van der Waals surface area contributed by atoms with Crippen LogP contribution < -0.4 is 10.6 Å². The number of anilines is 1. The zero-order valence-corrected chi connectivity index (χ0v) is 14.6. The van der Waals surface area contributed by atoms with Crippen molar-refractivity contribution in [3.63, 3.8) is 0 Å². The molecule has 0 aliphatic rings. The van der Waals surface area contributed by atoms with Crippen molar-refractivity contribution in [2.24, 2.45) is 0 Å². The van der Waals surface area contributed by atoms with Gasteiger partial charge in [-0.1, -0.05) is 34.1 Å². The number of rotatable bonds is 5. The van der Waals surface area contributed by atoms with Crippen molar-refractivity contribution in [1.82, 2.24) is 10.3 Å². The molecule has 24 heavy (non-hydrogen) atoms. The van der Waals surface area contributed by atoms with Gasteiger partial charge in [0.25, 0.3) is 5.91 Å². The Morgan fingerprint density at radius 3 is 2.83 bits per heavy atom. The van der Waals surface area contributed by atoms with E-state index in [-0.39, 0.29) is 5.91 Å². The summed E-state index contributed by atoms with van der Waals surface area (Å²) in [5, 5.41) is 5.82. The normalized spacial score (nSPS) is 10.4. The minimum absolute atomic E-state index is 0.119. The summed E-state index contributed by atoms with van der Waals surface area (Å²) < 4.78 is 6.76. The molecular formula is C18H16BrN3O2. The van der Waals surface area contributed by atoms with Gasteiger partial charge in [0.1, 0.15) is 0 Å². The van der Waals surface area contributed by atoms with E-state index in [4.69, 9.17) is 4.42 Å². The van der Waals surface area contributed by atoms with Crippen molar-refractivity contribution in [3.05, 3.63) is 70.7 Å². The molecule has 0 spiro atoms. The van der Waals surface area contributed by atoms with Gasteiger partial charge in [0.2, 0.25) is 5.89 Å². The second-order valence-electron chi connectivity index (χ2n) is 5.14. The number of benzene rings is 2. The van der Waals surface area contributed by atoms with Crippen LogP contribution in [0.25, 0.3) is 11.3 Å². The molecule has 3 rings (SSSR count). The Balaban J connectivity index is 1.69. The van der Waals surface area contributed by atoms with Crippen molar-refractivity contribution in [3.8, 4) is 11.3 Å². The zero-order chi connectivity index (χ0) is 16.9. The Labute approximate surface area is 148 Å². The number of amides is 1. The third-order valence-corrected chi connectivity index (χ3v) is 3.95. The molecule has 0 saturated heterocycles. The first kappa shape index (κ1) is 16.3. The van der Waals surface area contributed by atoms with E-state index < -0.39 is 0 Å². The summed E-state index contributed by atoms with van der Waals surface area (Å²) in [6.07, 6.45) is 1.71. The van der Waals surface area contributed by atoms with Crippen LogP contribution in [0.4, 0.5) is 5.69 Å². The lowest BCUT2D eigenvalue weighted by Crippen LogP contribution is -2.17. The molecule has 1 heterocycles. The average molecular weight is 386 g/mol. The molecule has 0 radical (unpaired) electrons. The van der Waals surface area contributed by atoms with Gasteiger partial charge < -0.3 is 15.1 Å². The first-order valence-electron chi connectivity index (χ1n) is 7.42. The Morgan fingerprint density at radius 2 is 2.04 bits per heavy atom. The summed E-state index contributed by atoms with van der Waals surface area (Å²) in [4.78, 5) is 15.9. The maximum absolute atomic E-state index is 11.7. The van der Waals surface area contributed by atoms with Gasteiger partial charge in [0.15, 0.2) is 5.76 Å². The number of halogens is 1. The van der Waals surface area contributed by atoms with Gasteiger partial charge in [-0.05, 0) is 30.3 Å². The number of carbonyl (C=O) groups is 1. The first-order chi connectivity index (χ1) is 11.7. The molecule has 2 N–H and O–H groups in total. The fourth-order valence-corrected chi connectivity index (χ4v) is 2.66. The van der Waals surface area contributed by atoms with E-state index in [1.165, 1.54) is 0 Å². The number of hydrogen-bond acceptors (Lipinski definition) is 4. The Kier molecular flexibility index (Phi) is 4.96. The summed E-state index contributed by atoms with van der Waals surface area (Å²) in [5.74, 6) is 1.18. The van der Waals surface area contributed by atoms with Crippen molar-refractivity contribution >= 4 is 27.5 Å². The van der Waals surface area contributed by atoms with Crippen LogP contribution in [-0.2, 0) is 6.54 Å². The number of carbonyl (C=O) groups excluding carboxylic acids is 1. The van der Waals surface area contributed by atoms with E-state index in [0.29, 0.717) is 23.8 Å². The highest BCUT2D eigenvalue weighted by Crippen LogP contribution is 2.24. The third kappa shape index (κ3) is 3.83. The molecule has 5 nitrogen and oxygen atoms in total. The quantitative estimate of drug-likeness (QED) is 0.694. The van der Waals surface area contributed by atoms with Crippen LogP contribution in [0.2, 0.25) is 0 Å². The summed E-state index contributed by atoms with van der Waals surface area (Å²) in [6.45, 7) is 0.436. The van der Waals surface area contributed by atoms with Gasteiger partial charge in [-0.25, -0.2) is 4.98 Å². The fourth-order valence-electron chi connectivity index (χ4n) is 2.26. The number of hydrogen-bond donors (Lipinski definition) is 2. The SMILES string of the molecule is CNC(=O)c1cccc(NCc2ncc(-c3cccc(Br)c3)o2)c1. The number of oxazole rings is 1. The van der Waals surface area contributed by atoms with E-state index in [1.54, 1.807) is 25.4 Å². The third-order valence-electron chi connectivity index (χ3n) is 3.46. The maximum Gasteiger partial charge on any atom is 0.251 e. The molecule has 0 fully saturated rings. The van der Waals surface area contributed by atoms with E-state index in [1.807, 2.05) is 36.4 Å². The molecule has 122 valence electrons. The lowest BCUT2D eigenvalue weighted by molar-refractivity contribution is 0.0963. The van der Waals surface area contributed by atoms with Gasteiger partial charge in [-0.2, -0.15) is 0 Å². The van der Waals surface area contributed by atoms with Crippen LogP contribution in [0.5, 0.6) is 0 Å². The highest BCUT2D eigenvalue weighted by molar-refractivity contribution is 9.10. The largest absolute Gasteiger partial charge is 0.439 e. The summed E-state index contributed by atoms with van der Waals surface area (Å²) in [7, 11) is 1.61. The van der Waals surface area contributed by atoms with Gasteiger partial charge >= 0.3 is 0 Å². The van der Waals surface area contributed by atoms with E-state index in [2.05, 4.69) is 31.5 Å². The Bertz CT molecular complexity index is 861. The number of aromatic nitrogens is 1. The van der Waals surface area contributed by atoms with Crippen molar-refractivity contribution in [2.45, 2.75) is 6.54 Å². The molecule has 6 heteroatoms. The summed E-state index contributed by atoms with van der Waals surface area (Å²) in [5.41, 5.74) is 2.40. The molecule has 2 aromatic carbocycles. The Morgan fingerprint density at radius 1 is 1.21 bits per heavy atom. The molecule has 0 saturated carbocycles. The van der Waals surface area contributed by atoms with Crippen molar-refractivity contribution in [1.29, 1.82) is 0 Å². The molecule has 0 aliphatic carbocycles. The molecule has 1 aromatic heterocycles. The maximum atomic E-state index is 11.7. The van der Waals surface area contributed by atoms with Gasteiger partial charge in [-0.3, -0.25) is 4.79 Å². The number of nitrogens with one attached hydrogen (secondary N) is 2. The second kappa shape index (κ2) is 7.31. The molecule has 0 atom stereocenters. The fraction of sp³-hybridized carbons (Fsp3) is 0.111. The topological polar surface area (TPSA) is 67.2 Å². The highest BCUT2D eigenvalue weighted by atomic mass is 79.9. The molecule has 0 unspecified atom stereocenters. The smallest absolute Gasteiger partial charge is 0.251 e. The molecule has 0 aliphatic heterocycles. The van der Waals surface area contributed by atoms with Gasteiger partial charge in [0.05, 0.1) is 12.7 Å². The van der Waals surface area contributed by atoms with Gasteiger partial charge in [0, 0.05) is 28.3 Å². The van der Waals surface area contributed by atoms with Crippen molar-refractivity contribution in [2.75, 3.05) is 12.4 Å². The van der Waals surface area contributed by atoms with Crippen LogP contribution in [0.15, 0.2) is 63.6 Å². The van der Waals surface area contributed by atoms with Crippen molar-refractivity contribution < 1.29 is 9.21 Å². The van der Waals surface area contributed by atoms with Crippen LogP contribution in [-0.4, -0.2) is 17.9 Å². The molecule has 0 bridgehead atoms. The Hall–Kier alpha value is -2.60. The highest BCUT2D eigenvalue weighted by Gasteiger charge is 2.08. The van der Waals surface area contributed by atoms with E-state index in [9.17, 15) is 4.79 Å². The summed E-state index contributed by atoms with van der Waals surface area (Å²) in [6, 6.07) is 15.1. The van der Waals surface area contributed by atoms with Gasteiger partial charge in [-0.15, -0.1) is 0 Å². The predicted octanol–water partition coefficient (Wildman–Crippen LogP) is 4.08. The van der Waals surface area contributed by atoms with Crippen LogP contribution in [0.1, 0.15) is 16.2 Å². The van der Waals surface area contributed by atoms with Crippen LogP contribution in [0.3, 0.4) is 0 Å². The minimum Gasteiger partial charge on any atom is -0.439 e.